The molecule has 13 heteroatoms. The second kappa shape index (κ2) is 7.87. The minimum absolute atomic E-state index is 0.0442. The molecule has 0 saturated heterocycles. The van der Waals surface area contributed by atoms with E-state index in [4.69, 9.17) is 46.4 Å². The molecule has 0 atom stereocenters. The second-order valence-corrected chi connectivity index (χ2v) is 9.03. The Morgan fingerprint density at radius 3 is 2.07 bits per heavy atom. The van der Waals surface area contributed by atoms with E-state index < -0.39 is 15.7 Å². The highest BCUT2D eigenvalue weighted by Crippen LogP contribution is 2.46. The van der Waals surface area contributed by atoms with Crippen molar-refractivity contribution in [3.05, 3.63) is 33.9 Å². The normalized spacial score (nSPS) is 12.4. The van der Waals surface area contributed by atoms with E-state index in [1.165, 1.54) is 15.9 Å². The summed E-state index contributed by atoms with van der Waals surface area (Å²) in [7, 11) is 3.25. The number of benzene rings is 1. The second-order valence-electron chi connectivity index (χ2n) is 5.33. The van der Waals surface area contributed by atoms with Crippen LogP contribution in [0.5, 0.6) is 0 Å². The lowest BCUT2D eigenvalue weighted by atomic mass is 10.2. The summed E-state index contributed by atoms with van der Waals surface area (Å²) in [5.41, 5.74) is -1.06. The zero-order valence-corrected chi connectivity index (χ0v) is 17.5. The third kappa shape index (κ3) is 5.14. The third-order valence-electron chi connectivity index (χ3n) is 3.22. The van der Waals surface area contributed by atoms with Gasteiger partial charge in [-0.25, -0.2) is 5.01 Å². The van der Waals surface area contributed by atoms with Crippen LogP contribution in [0.3, 0.4) is 0 Å². The fraction of sp³-hybridized carbons (Fsp3) is 0.286. The van der Waals surface area contributed by atoms with Crippen molar-refractivity contribution in [2.24, 2.45) is 0 Å². The van der Waals surface area contributed by atoms with Gasteiger partial charge in [0, 0.05) is 14.1 Å². The van der Waals surface area contributed by atoms with E-state index in [1.54, 1.807) is 14.1 Å². The van der Waals surface area contributed by atoms with Crippen molar-refractivity contribution >= 4 is 70.7 Å². The lowest BCUT2D eigenvalue weighted by Crippen LogP contribution is -2.24. The van der Waals surface area contributed by atoms with Gasteiger partial charge in [0.15, 0.2) is 5.69 Å². The van der Waals surface area contributed by atoms with E-state index >= 15 is 0 Å². The van der Waals surface area contributed by atoms with Crippen LogP contribution < -0.4 is 0 Å². The Labute approximate surface area is 176 Å². The van der Waals surface area contributed by atoms with Crippen LogP contribution in [0.4, 0.5) is 23.4 Å². The first-order valence-corrected chi connectivity index (χ1v) is 9.23. The zero-order valence-electron chi connectivity index (χ0n) is 13.7. The molecule has 4 nitrogen and oxygen atoms in total. The highest BCUT2D eigenvalue weighted by molar-refractivity contribution is 8.03. The highest BCUT2D eigenvalue weighted by atomic mass is 35.5. The average Bonchev–Trinajstić information content (AvgIpc) is 2.85. The molecule has 0 spiro atoms. The van der Waals surface area contributed by atoms with Gasteiger partial charge in [0.1, 0.15) is 4.90 Å². The number of rotatable bonds is 5. The van der Waals surface area contributed by atoms with Crippen molar-refractivity contribution in [1.29, 1.82) is 0 Å². The largest absolute Gasteiger partial charge is 0.416 e. The van der Waals surface area contributed by atoms with Crippen LogP contribution >= 0.6 is 58.2 Å². The summed E-state index contributed by atoms with van der Waals surface area (Å²) in [5.74, 6) is 0.136. The number of hydrogen-bond acceptors (Lipinski definition) is 3. The molecule has 0 bridgehead atoms. The number of aromatic nitrogens is 2. The van der Waals surface area contributed by atoms with E-state index in [0.717, 1.165) is 4.68 Å². The number of hydrazine groups is 1. The average molecular weight is 485 g/mol. The number of thioether (sulfide) groups is 1. The summed E-state index contributed by atoms with van der Waals surface area (Å²) in [5, 5.41) is 4.92. The maximum Gasteiger partial charge on any atom is 0.416 e. The van der Waals surface area contributed by atoms with Gasteiger partial charge in [0.05, 0.1) is 28.5 Å². The fourth-order valence-corrected chi connectivity index (χ4v) is 3.82. The Balaban J connectivity index is 2.71. The van der Waals surface area contributed by atoms with Gasteiger partial charge in [-0.2, -0.15) is 17.6 Å². The molecule has 0 aliphatic heterocycles. The Kier molecular flexibility index (Phi) is 6.53. The van der Waals surface area contributed by atoms with E-state index in [0.29, 0.717) is 23.9 Å². The minimum Gasteiger partial charge on any atom is -0.250 e. The van der Waals surface area contributed by atoms with E-state index in [1.807, 2.05) is 0 Å². The number of alkyl halides is 6. The summed E-state index contributed by atoms with van der Waals surface area (Å²) >= 11 is 23.3. The van der Waals surface area contributed by atoms with Crippen LogP contribution in [0.25, 0.3) is 5.69 Å². The summed E-state index contributed by atoms with van der Waals surface area (Å²) < 4.78 is 52.3. The minimum atomic E-state index is -4.63. The van der Waals surface area contributed by atoms with Crippen molar-refractivity contribution in [2.45, 2.75) is 15.0 Å². The molecular weight excluding hydrogens is 474 g/mol. The topological polar surface area (TPSA) is 24.1 Å². The Morgan fingerprint density at radius 1 is 1.15 bits per heavy atom. The molecule has 0 saturated carbocycles. The van der Waals surface area contributed by atoms with E-state index in [9.17, 15) is 17.6 Å². The highest BCUT2D eigenvalue weighted by Gasteiger charge is 2.37. The molecule has 148 valence electrons. The summed E-state index contributed by atoms with van der Waals surface area (Å²) in [6.07, 6.45) is -3.42. The third-order valence-corrected chi connectivity index (χ3v) is 5.00. The van der Waals surface area contributed by atoms with Gasteiger partial charge in [0.2, 0.25) is 0 Å². The van der Waals surface area contributed by atoms with Crippen molar-refractivity contribution in [1.82, 2.24) is 14.8 Å². The molecule has 0 aliphatic rings. The molecule has 0 fully saturated rings. The van der Waals surface area contributed by atoms with Gasteiger partial charge in [-0.3, -0.25) is 0 Å². The molecule has 1 heterocycles. The number of hydrogen-bond donors (Lipinski definition) is 0. The molecule has 1 aromatic heterocycles. The van der Waals surface area contributed by atoms with Gasteiger partial charge in [-0.05, 0) is 23.9 Å². The lowest BCUT2D eigenvalue weighted by Gasteiger charge is -2.16. The SMILES string of the molecule is C=[N+](c1c(SC(F)(Cl)Cl)cnn1-c1c(Cl)cc(C(F)(F)F)cc1Cl)N(C)C. The molecule has 0 radical (unpaired) electrons. The van der Waals surface area contributed by atoms with Gasteiger partial charge in [-0.15, -0.1) is 4.68 Å². The van der Waals surface area contributed by atoms with Gasteiger partial charge in [0.25, 0.3) is 0 Å². The first-order valence-electron chi connectivity index (χ1n) is 6.90. The van der Waals surface area contributed by atoms with Crippen molar-refractivity contribution in [2.75, 3.05) is 14.1 Å². The maximum atomic E-state index is 13.7. The van der Waals surface area contributed by atoms with Crippen LogP contribution in [0.1, 0.15) is 5.56 Å². The standard InChI is InChI=1S/C14H11Cl4F4N4S/c1-24(2)25(3)12-10(27-14(17,18)22)6-23-26(12)11-8(15)4-7(5-9(11)16)13(19,20)21/h4-6H,3H2,1-2H3/q+1. The quantitative estimate of drug-likeness (QED) is 0.127. The molecule has 2 aromatic rings. The summed E-state index contributed by atoms with van der Waals surface area (Å²) in [6, 6.07) is 1.43. The maximum absolute atomic E-state index is 13.7. The predicted octanol–water partition coefficient (Wildman–Crippen LogP) is 6.17. The molecular formula is C14H11Cl4F4N4S+. The van der Waals surface area contributed by atoms with Crippen LogP contribution in [0, 0.1) is 0 Å². The van der Waals surface area contributed by atoms with Crippen LogP contribution in [0.2, 0.25) is 10.0 Å². The summed E-state index contributed by atoms with van der Waals surface area (Å²) in [4.78, 5) is 0.151. The number of nitrogens with zero attached hydrogens (tertiary/aromatic N) is 4. The van der Waals surface area contributed by atoms with E-state index in [2.05, 4.69) is 11.8 Å². The Hall–Kier alpha value is -0.870. The molecule has 27 heavy (non-hydrogen) atoms. The van der Waals surface area contributed by atoms with Crippen molar-refractivity contribution in [3.8, 4) is 5.69 Å². The fourth-order valence-electron chi connectivity index (χ4n) is 2.04. The van der Waals surface area contributed by atoms with Crippen LogP contribution in [0.15, 0.2) is 23.2 Å². The molecule has 0 N–H and O–H groups in total. The zero-order chi connectivity index (χ0) is 20.7. The van der Waals surface area contributed by atoms with E-state index in [-0.39, 0.29) is 26.4 Å². The van der Waals surface area contributed by atoms with Gasteiger partial charge >= 0.3 is 15.9 Å². The Bertz CT molecular complexity index is 854. The first-order chi connectivity index (χ1) is 12.2. The molecule has 0 aliphatic carbocycles. The molecule has 0 amide bonds. The number of hydrazone groups is 1. The molecule has 1 aromatic carbocycles. The first kappa shape index (κ1) is 22.4. The van der Waals surface area contributed by atoms with Gasteiger partial charge < -0.3 is 0 Å². The smallest absolute Gasteiger partial charge is 0.250 e. The monoisotopic (exact) mass is 483 g/mol. The van der Waals surface area contributed by atoms with Crippen LogP contribution in [-0.2, 0) is 6.18 Å². The summed E-state index contributed by atoms with van der Waals surface area (Å²) in [6.45, 7) is 3.78. The van der Waals surface area contributed by atoms with Crippen LogP contribution in [-0.4, -0.2) is 44.2 Å². The predicted molar refractivity (Wildman–Crippen MR) is 101 cm³/mol. The molecule has 0 unspecified atom stereocenters. The van der Waals surface area contributed by atoms with Gasteiger partial charge in [-0.1, -0.05) is 56.2 Å². The molecule has 2 rings (SSSR count). The number of halogens is 8. The lowest BCUT2D eigenvalue weighted by molar-refractivity contribution is -0.607. The van der Waals surface area contributed by atoms with Crippen molar-refractivity contribution < 1.29 is 22.2 Å². The Morgan fingerprint density at radius 2 is 1.67 bits per heavy atom. The van der Waals surface area contributed by atoms with Crippen molar-refractivity contribution in [3.63, 3.8) is 0 Å².